The smallest absolute Gasteiger partial charge is 0.186 e. The summed E-state index contributed by atoms with van der Waals surface area (Å²) in [6, 6.07) is 0. The molecule has 0 fully saturated rings. The molecule has 0 saturated carbocycles. The van der Waals surface area contributed by atoms with Gasteiger partial charge in [-0.15, -0.1) is 0 Å². The van der Waals surface area contributed by atoms with Crippen LogP contribution in [0.1, 0.15) is 38.2 Å². The highest BCUT2D eigenvalue weighted by atomic mass is 19.1. The molecule has 1 heterocycles. The van der Waals surface area contributed by atoms with Crippen molar-refractivity contribution in [1.29, 1.82) is 0 Å². The van der Waals surface area contributed by atoms with Crippen molar-refractivity contribution in [3.63, 3.8) is 0 Å². The average Bonchev–Trinajstić information content (AvgIpc) is 2.29. The molecule has 0 radical (unpaired) electrons. The lowest BCUT2D eigenvalue weighted by molar-refractivity contribution is -0.0292. The first-order chi connectivity index (χ1) is 7.50. The third-order valence-corrected chi connectivity index (χ3v) is 2.98. The van der Waals surface area contributed by atoms with E-state index >= 15 is 0 Å². The number of ether oxygens (including phenoxy) is 1. The van der Waals surface area contributed by atoms with E-state index in [1.165, 1.54) is 0 Å². The van der Waals surface area contributed by atoms with Crippen molar-refractivity contribution in [3.8, 4) is 0 Å². The highest BCUT2D eigenvalue weighted by Gasteiger charge is 2.32. The highest BCUT2D eigenvalue weighted by Crippen LogP contribution is 2.30. The number of nitrogens with two attached hydrogens (primary N) is 1. The van der Waals surface area contributed by atoms with Gasteiger partial charge in [-0.1, -0.05) is 13.8 Å². The normalized spacial score (nSPS) is 11.8. The van der Waals surface area contributed by atoms with E-state index in [1.54, 1.807) is 14.0 Å². The van der Waals surface area contributed by atoms with Crippen LogP contribution in [0.25, 0.3) is 0 Å². The zero-order chi connectivity index (χ0) is 12.3. The van der Waals surface area contributed by atoms with Crippen LogP contribution < -0.4 is 5.73 Å². The minimum Gasteiger partial charge on any atom is -0.381 e. The molecule has 5 heteroatoms. The summed E-state index contributed by atoms with van der Waals surface area (Å²) >= 11 is 0. The van der Waals surface area contributed by atoms with Crippen LogP contribution >= 0.6 is 0 Å². The van der Waals surface area contributed by atoms with E-state index in [1.807, 2.05) is 13.8 Å². The van der Waals surface area contributed by atoms with Gasteiger partial charge in [-0.3, -0.25) is 0 Å². The number of hydrogen-bond donors (Lipinski definition) is 1. The summed E-state index contributed by atoms with van der Waals surface area (Å²) in [5.74, 6) is -0.219. The maximum absolute atomic E-state index is 13.3. The monoisotopic (exact) mass is 227 g/mol. The molecule has 0 atom stereocenters. The van der Waals surface area contributed by atoms with E-state index in [4.69, 9.17) is 10.5 Å². The van der Waals surface area contributed by atoms with Crippen molar-refractivity contribution in [1.82, 2.24) is 9.97 Å². The number of anilines is 1. The summed E-state index contributed by atoms with van der Waals surface area (Å²) in [4.78, 5) is 8.11. The molecule has 0 unspecified atom stereocenters. The van der Waals surface area contributed by atoms with Gasteiger partial charge in [0.25, 0.3) is 0 Å². The van der Waals surface area contributed by atoms with E-state index in [-0.39, 0.29) is 11.5 Å². The molecule has 90 valence electrons. The van der Waals surface area contributed by atoms with E-state index in [0.29, 0.717) is 18.7 Å². The Kier molecular flexibility index (Phi) is 3.80. The molecule has 2 N–H and O–H groups in total. The van der Waals surface area contributed by atoms with Crippen molar-refractivity contribution in [2.45, 2.75) is 39.2 Å². The first kappa shape index (κ1) is 12.8. The van der Waals surface area contributed by atoms with Crippen LogP contribution in [0.2, 0.25) is 0 Å². The standard InChI is InChI=1S/C11H18FN3O/c1-5-11(6-2,16-4)10-14-7(3)8(12)9(13)15-10/h5-6H2,1-4H3,(H2,13,14,15). The molecule has 0 spiro atoms. The Morgan fingerprint density at radius 1 is 1.31 bits per heavy atom. The second kappa shape index (κ2) is 4.74. The number of rotatable bonds is 4. The number of nitrogen functional groups attached to an aromatic ring is 1. The molecule has 0 saturated heterocycles. The minimum absolute atomic E-state index is 0.120. The van der Waals surface area contributed by atoms with Crippen LogP contribution in [-0.2, 0) is 10.3 Å². The molecule has 0 aliphatic rings. The third kappa shape index (κ3) is 2.00. The quantitative estimate of drug-likeness (QED) is 0.856. The Morgan fingerprint density at radius 2 is 1.88 bits per heavy atom. The second-order valence-electron chi connectivity index (χ2n) is 3.74. The van der Waals surface area contributed by atoms with Crippen LogP contribution in [0.15, 0.2) is 0 Å². The van der Waals surface area contributed by atoms with E-state index < -0.39 is 11.4 Å². The Hall–Kier alpha value is -1.23. The summed E-state index contributed by atoms with van der Waals surface area (Å²) < 4.78 is 18.8. The molecule has 0 bridgehead atoms. The summed E-state index contributed by atoms with van der Waals surface area (Å²) in [5.41, 5.74) is 5.18. The van der Waals surface area contributed by atoms with E-state index in [0.717, 1.165) is 0 Å². The lowest BCUT2D eigenvalue weighted by atomic mass is 9.96. The zero-order valence-electron chi connectivity index (χ0n) is 10.2. The molecule has 16 heavy (non-hydrogen) atoms. The van der Waals surface area contributed by atoms with Crippen molar-refractivity contribution in [2.24, 2.45) is 0 Å². The minimum atomic E-state index is -0.577. The summed E-state index contributed by atoms with van der Waals surface area (Å²) in [6.07, 6.45) is 1.43. The SMILES string of the molecule is CCC(CC)(OC)c1nc(C)c(F)c(N)n1. The second-order valence-corrected chi connectivity index (χ2v) is 3.74. The number of hydrogen-bond acceptors (Lipinski definition) is 4. The number of halogens is 1. The van der Waals surface area contributed by atoms with Crippen molar-refractivity contribution < 1.29 is 9.13 Å². The molecule has 0 aromatic carbocycles. The Bertz CT molecular complexity index is 346. The van der Waals surface area contributed by atoms with Crippen LogP contribution in [0, 0.1) is 12.7 Å². The van der Waals surface area contributed by atoms with Gasteiger partial charge < -0.3 is 10.5 Å². The maximum Gasteiger partial charge on any atom is 0.186 e. The molecule has 0 aliphatic carbocycles. The van der Waals surface area contributed by atoms with Gasteiger partial charge >= 0.3 is 0 Å². The molecular formula is C11H18FN3O. The highest BCUT2D eigenvalue weighted by molar-refractivity contribution is 5.33. The Labute approximate surface area is 95.0 Å². The van der Waals surface area contributed by atoms with Gasteiger partial charge in [0.1, 0.15) is 5.60 Å². The zero-order valence-corrected chi connectivity index (χ0v) is 10.2. The molecule has 0 amide bonds. The predicted octanol–water partition coefficient (Wildman–Crippen LogP) is 2.17. The van der Waals surface area contributed by atoms with Crippen LogP contribution in [0.3, 0.4) is 0 Å². The molecule has 0 aliphatic heterocycles. The molecule has 1 aromatic rings. The van der Waals surface area contributed by atoms with Gasteiger partial charge in [-0.05, 0) is 19.8 Å². The van der Waals surface area contributed by atoms with E-state index in [9.17, 15) is 4.39 Å². The lowest BCUT2D eigenvalue weighted by Gasteiger charge is -2.28. The van der Waals surface area contributed by atoms with Gasteiger partial charge in [0.05, 0.1) is 5.69 Å². The van der Waals surface area contributed by atoms with Gasteiger partial charge in [-0.25, -0.2) is 14.4 Å². The number of methoxy groups -OCH3 is 1. The lowest BCUT2D eigenvalue weighted by Crippen LogP contribution is -2.30. The largest absolute Gasteiger partial charge is 0.381 e. The predicted molar refractivity (Wildman–Crippen MR) is 60.4 cm³/mol. The summed E-state index contributed by atoms with van der Waals surface area (Å²) in [5, 5.41) is 0. The number of aromatic nitrogens is 2. The number of aryl methyl sites for hydroxylation is 1. The van der Waals surface area contributed by atoms with E-state index in [2.05, 4.69) is 9.97 Å². The maximum atomic E-state index is 13.3. The van der Waals surface area contributed by atoms with Crippen LogP contribution in [0.4, 0.5) is 10.2 Å². The molecule has 1 aromatic heterocycles. The van der Waals surface area contributed by atoms with Gasteiger partial charge in [0.15, 0.2) is 17.5 Å². The fourth-order valence-electron chi connectivity index (χ4n) is 1.73. The van der Waals surface area contributed by atoms with Gasteiger partial charge in [0, 0.05) is 7.11 Å². The van der Waals surface area contributed by atoms with Crippen LogP contribution in [0.5, 0.6) is 0 Å². The topological polar surface area (TPSA) is 61.0 Å². The van der Waals surface area contributed by atoms with Crippen molar-refractivity contribution >= 4 is 5.82 Å². The fourth-order valence-corrected chi connectivity index (χ4v) is 1.73. The van der Waals surface area contributed by atoms with Crippen molar-refractivity contribution in [3.05, 3.63) is 17.3 Å². The Morgan fingerprint density at radius 3 is 2.25 bits per heavy atom. The molecule has 4 nitrogen and oxygen atoms in total. The molecular weight excluding hydrogens is 209 g/mol. The summed E-state index contributed by atoms with van der Waals surface area (Å²) in [7, 11) is 1.60. The van der Waals surface area contributed by atoms with Gasteiger partial charge in [-0.2, -0.15) is 0 Å². The molecule has 1 rings (SSSR count). The number of nitrogens with zero attached hydrogens (tertiary/aromatic N) is 2. The first-order valence-electron chi connectivity index (χ1n) is 5.36. The van der Waals surface area contributed by atoms with Crippen LogP contribution in [-0.4, -0.2) is 17.1 Å². The summed E-state index contributed by atoms with van der Waals surface area (Å²) in [6.45, 7) is 5.53. The van der Waals surface area contributed by atoms with Crippen molar-refractivity contribution in [2.75, 3.05) is 12.8 Å². The average molecular weight is 227 g/mol. The third-order valence-electron chi connectivity index (χ3n) is 2.98. The van der Waals surface area contributed by atoms with Gasteiger partial charge in [0.2, 0.25) is 0 Å². The Balaban J connectivity index is 3.31. The first-order valence-corrected chi connectivity index (χ1v) is 5.36. The fraction of sp³-hybridized carbons (Fsp3) is 0.636.